The Bertz CT molecular complexity index is 485. The molecule has 1 heterocycles. The molecule has 1 fully saturated rings. The minimum Gasteiger partial charge on any atom is -0.492 e. The van der Waals surface area contributed by atoms with Gasteiger partial charge in [0.2, 0.25) is 0 Å². The molecule has 112 valence electrons. The van der Waals surface area contributed by atoms with E-state index >= 15 is 0 Å². The summed E-state index contributed by atoms with van der Waals surface area (Å²) in [6.45, 7) is 8.06. The van der Waals surface area contributed by atoms with Crippen molar-refractivity contribution in [2.24, 2.45) is 0 Å². The van der Waals surface area contributed by atoms with Gasteiger partial charge in [0.15, 0.2) is 11.5 Å². The van der Waals surface area contributed by atoms with Gasteiger partial charge >= 0.3 is 0 Å². The Balaban J connectivity index is 2.41. The van der Waals surface area contributed by atoms with Crippen molar-refractivity contribution in [1.82, 2.24) is 10.2 Å². The minimum absolute atomic E-state index is 0.201. The lowest BCUT2D eigenvalue weighted by molar-refractivity contribution is 0.228. The van der Waals surface area contributed by atoms with Crippen LogP contribution >= 0.6 is 0 Å². The van der Waals surface area contributed by atoms with E-state index in [1.807, 2.05) is 6.92 Å². The Kier molecular flexibility index (Phi) is 4.83. The maximum Gasteiger partial charge on any atom is 0.166 e. The van der Waals surface area contributed by atoms with Crippen molar-refractivity contribution in [3.05, 3.63) is 22.5 Å². The van der Waals surface area contributed by atoms with Crippen LogP contribution in [0.5, 0.6) is 11.5 Å². The maximum absolute atomic E-state index is 14.3. The summed E-state index contributed by atoms with van der Waals surface area (Å²) in [5.74, 6) is 0.955. The van der Waals surface area contributed by atoms with Crippen molar-refractivity contribution in [3.63, 3.8) is 0 Å². The fraction of sp³-hybridized carbons (Fsp3) is 0.600. The molecule has 2 rings (SSSR count). The molecule has 0 aliphatic carbocycles. The van der Waals surface area contributed by atoms with E-state index in [1.165, 1.54) is 0 Å². The van der Waals surface area contributed by atoms with Gasteiger partial charge in [0.05, 0.1) is 14.2 Å². The van der Waals surface area contributed by atoms with Crippen molar-refractivity contribution in [2.75, 3.05) is 40.4 Å². The second kappa shape index (κ2) is 6.41. The molecule has 0 bridgehead atoms. The summed E-state index contributed by atoms with van der Waals surface area (Å²) in [6, 6.07) is 0. The standard InChI is InChI=1S/C15H23FN2O2/c1-10-12(9-18-7-5-17-6-8-18)15(20-4)14(19-3)11(2)13(10)16/h17H,5-9H2,1-4H3. The number of methoxy groups -OCH3 is 2. The van der Waals surface area contributed by atoms with Crippen LogP contribution < -0.4 is 14.8 Å². The molecule has 1 aromatic carbocycles. The molecule has 5 heteroatoms. The number of benzene rings is 1. The summed E-state index contributed by atoms with van der Waals surface area (Å²) >= 11 is 0. The van der Waals surface area contributed by atoms with Crippen LogP contribution in [-0.2, 0) is 6.54 Å². The third-order valence-corrected chi connectivity index (χ3v) is 3.93. The van der Waals surface area contributed by atoms with Crippen molar-refractivity contribution in [2.45, 2.75) is 20.4 Å². The zero-order valence-corrected chi connectivity index (χ0v) is 12.7. The molecule has 1 aliphatic rings. The monoisotopic (exact) mass is 282 g/mol. The van der Waals surface area contributed by atoms with Gasteiger partial charge in [0.25, 0.3) is 0 Å². The molecule has 20 heavy (non-hydrogen) atoms. The van der Waals surface area contributed by atoms with E-state index in [4.69, 9.17) is 9.47 Å². The third kappa shape index (κ3) is 2.74. The summed E-state index contributed by atoms with van der Waals surface area (Å²) in [5.41, 5.74) is 2.04. The molecule has 0 unspecified atom stereocenters. The summed E-state index contributed by atoms with van der Waals surface area (Å²) in [5, 5.41) is 3.32. The zero-order valence-electron chi connectivity index (χ0n) is 12.7. The molecule has 0 saturated carbocycles. The molecular weight excluding hydrogens is 259 g/mol. The van der Waals surface area contributed by atoms with Gasteiger partial charge in [-0.3, -0.25) is 4.90 Å². The van der Waals surface area contributed by atoms with Crippen LogP contribution in [0.15, 0.2) is 0 Å². The minimum atomic E-state index is -0.201. The van der Waals surface area contributed by atoms with Gasteiger partial charge in [-0.15, -0.1) is 0 Å². The Morgan fingerprint density at radius 2 is 1.65 bits per heavy atom. The van der Waals surface area contributed by atoms with E-state index in [9.17, 15) is 4.39 Å². The predicted molar refractivity (Wildman–Crippen MR) is 77.1 cm³/mol. The lowest BCUT2D eigenvalue weighted by Crippen LogP contribution is -2.43. The average molecular weight is 282 g/mol. The fourth-order valence-corrected chi connectivity index (χ4v) is 2.74. The Morgan fingerprint density at radius 3 is 2.20 bits per heavy atom. The molecular formula is C15H23FN2O2. The number of nitrogens with one attached hydrogen (secondary N) is 1. The van der Waals surface area contributed by atoms with E-state index in [2.05, 4.69) is 10.2 Å². The van der Waals surface area contributed by atoms with Gasteiger partial charge in [0.1, 0.15) is 5.82 Å². The van der Waals surface area contributed by atoms with Crippen LogP contribution in [0, 0.1) is 19.7 Å². The molecule has 0 atom stereocenters. The number of hydrogen-bond donors (Lipinski definition) is 1. The molecule has 0 amide bonds. The highest BCUT2D eigenvalue weighted by Gasteiger charge is 2.23. The highest BCUT2D eigenvalue weighted by Crippen LogP contribution is 2.39. The third-order valence-electron chi connectivity index (χ3n) is 3.93. The SMILES string of the molecule is COc1c(C)c(F)c(C)c(CN2CCNCC2)c1OC. The van der Waals surface area contributed by atoms with Crippen LogP contribution in [0.25, 0.3) is 0 Å². The van der Waals surface area contributed by atoms with E-state index in [0.717, 1.165) is 31.7 Å². The fourth-order valence-electron chi connectivity index (χ4n) is 2.74. The highest BCUT2D eigenvalue weighted by atomic mass is 19.1. The maximum atomic E-state index is 14.3. The molecule has 0 aromatic heterocycles. The molecule has 1 aromatic rings. The van der Waals surface area contributed by atoms with Crippen LogP contribution in [0.4, 0.5) is 4.39 Å². The van der Waals surface area contributed by atoms with E-state index in [-0.39, 0.29) is 5.82 Å². The summed E-state index contributed by atoms with van der Waals surface area (Å²) in [6.07, 6.45) is 0. The van der Waals surface area contributed by atoms with Crippen LogP contribution in [0.3, 0.4) is 0 Å². The zero-order chi connectivity index (χ0) is 14.7. The normalized spacial score (nSPS) is 16.2. The van der Waals surface area contributed by atoms with E-state index < -0.39 is 0 Å². The van der Waals surface area contributed by atoms with Gasteiger partial charge < -0.3 is 14.8 Å². The number of halogens is 1. The van der Waals surface area contributed by atoms with Gasteiger partial charge in [-0.25, -0.2) is 4.39 Å². The van der Waals surface area contributed by atoms with Crippen molar-refractivity contribution < 1.29 is 13.9 Å². The molecule has 4 nitrogen and oxygen atoms in total. The number of rotatable bonds is 4. The summed E-state index contributed by atoms with van der Waals surface area (Å²) in [4.78, 5) is 2.30. The smallest absolute Gasteiger partial charge is 0.166 e. The lowest BCUT2D eigenvalue weighted by Gasteiger charge is -2.29. The second-order valence-corrected chi connectivity index (χ2v) is 5.14. The molecule has 0 radical (unpaired) electrons. The molecule has 1 saturated heterocycles. The number of nitrogens with zero attached hydrogens (tertiary/aromatic N) is 1. The molecule has 1 N–H and O–H groups in total. The first kappa shape index (κ1) is 15.1. The first-order valence-corrected chi connectivity index (χ1v) is 6.92. The van der Waals surface area contributed by atoms with Crippen molar-refractivity contribution in [3.8, 4) is 11.5 Å². The van der Waals surface area contributed by atoms with Gasteiger partial charge in [-0.05, 0) is 19.4 Å². The Labute approximate surface area is 119 Å². The summed E-state index contributed by atoms with van der Waals surface area (Å²) < 4.78 is 25.2. The number of hydrogen-bond acceptors (Lipinski definition) is 4. The topological polar surface area (TPSA) is 33.7 Å². The van der Waals surface area contributed by atoms with Crippen LogP contribution in [0.1, 0.15) is 16.7 Å². The number of ether oxygens (including phenoxy) is 2. The Hall–Kier alpha value is -1.33. The van der Waals surface area contributed by atoms with Crippen molar-refractivity contribution in [1.29, 1.82) is 0 Å². The summed E-state index contributed by atoms with van der Waals surface area (Å²) in [7, 11) is 3.16. The first-order valence-electron chi connectivity index (χ1n) is 6.92. The van der Waals surface area contributed by atoms with E-state index in [0.29, 0.717) is 29.2 Å². The Morgan fingerprint density at radius 1 is 1.05 bits per heavy atom. The van der Waals surface area contributed by atoms with Gasteiger partial charge in [-0.1, -0.05) is 0 Å². The van der Waals surface area contributed by atoms with E-state index in [1.54, 1.807) is 21.1 Å². The number of piperazine rings is 1. The largest absolute Gasteiger partial charge is 0.492 e. The predicted octanol–water partition coefficient (Wildman–Crippen LogP) is 1.86. The van der Waals surface area contributed by atoms with Gasteiger partial charge in [0, 0.05) is 43.9 Å². The molecule has 0 spiro atoms. The van der Waals surface area contributed by atoms with Crippen LogP contribution in [0.2, 0.25) is 0 Å². The van der Waals surface area contributed by atoms with Crippen LogP contribution in [-0.4, -0.2) is 45.3 Å². The quantitative estimate of drug-likeness (QED) is 0.914. The average Bonchev–Trinajstić information content (AvgIpc) is 2.48. The molecule has 1 aliphatic heterocycles. The first-order chi connectivity index (χ1) is 9.60. The van der Waals surface area contributed by atoms with Crippen molar-refractivity contribution >= 4 is 0 Å². The van der Waals surface area contributed by atoms with Gasteiger partial charge in [-0.2, -0.15) is 0 Å². The lowest BCUT2D eigenvalue weighted by atomic mass is 10.0. The highest BCUT2D eigenvalue weighted by molar-refractivity contribution is 5.55. The second-order valence-electron chi connectivity index (χ2n) is 5.14.